The monoisotopic (exact) mass is 186 g/mol. The first-order valence-electron chi connectivity index (χ1n) is 4.09. The minimum atomic E-state index is -1.80. The van der Waals surface area contributed by atoms with Crippen molar-refractivity contribution in [3.8, 4) is 0 Å². The van der Waals surface area contributed by atoms with E-state index < -0.39 is 17.4 Å². The molecule has 0 bridgehead atoms. The van der Waals surface area contributed by atoms with Crippen molar-refractivity contribution in [2.24, 2.45) is 5.41 Å². The third-order valence-electron chi connectivity index (χ3n) is 1.80. The number of hydrogen-bond acceptors (Lipinski definition) is 2. The summed E-state index contributed by atoms with van der Waals surface area (Å²) in [6.45, 7) is 3.10. The van der Waals surface area contributed by atoms with E-state index in [0.717, 1.165) is 6.42 Å². The third-order valence-corrected chi connectivity index (χ3v) is 1.80. The second kappa shape index (κ2) is 4.64. The second-order valence-electron chi connectivity index (χ2n) is 3.00. The van der Waals surface area contributed by atoms with E-state index in [1.54, 1.807) is 6.08 Å². The average molecular weight is 186 g/mol. The van der Waals surface area contributed by atoms with Gasteiger partial charge in [-0.05, 0) is 13.3 Å². The van der Waals surface area contributed by atoms with Gasteiger partial charge in [0.15, 0.2) is 5.41 Å². The Hall–Kier alpha value is -1.32. The normalized spacial score (nSPS) is 11.8. The molecule has 0 saturated heterocycles. The molecule has 0 radical (unpaired) electrons. The predicted molar refractivity (Wildman–Crippen MR) is 47.4 cm³/mol. The van der Waals surface area contributed by atoms with Gasteiger partial charge in [-0.1, -0.05) is 25.5 Å². The first-order chi connectivity index (χ1) is 5.95. The van der Waals surface area contributed by atoms with Gasteiger partial charge in [0.2, 0.25) is 0 Å². The SMILES string of the molecule is CCCC=CC(C)(C(=O)O)C(=O)O. The molecular formula is C9H14O4. The zero-order chi connectivity index (χ0) is 10.5. The van der Waals surface area contributed by atoms with Crippen LogP contribution in [-0.2, 0) is 9.59 Å². The van der Waals surface area contributed by atoms with Gasteiger partial charge >= 0.3 is 11.9 Å². The van der Waals surface area contributed by atoms with Gasteiger partial charge in [0.1, 0.15) is 0 Å². The van der Waals surface area contributed by atoms with Crippen LogP contribution in [0.25, 0.3) is 0 Å². The maximum atomic E-state index is 10.6. The molecule has 0 aliphatic rings. The van der Waals surface area contributed by atoms with Crippen LogP contribution < -0.4 is 0 Å². The van der Waals surface area contributed by atoms with Gasteiger partial charge in [-0.3, -0.25) is 9.59 Å². The first-order valence-corrected chi connectivity index (χ1v) is 4.09. The average Bonchev–Trinajstić information content (AvgIpc) is 2.03. The fourth-order valence-corrected chi connectivity index (χ4v) is 0.720. The summed E-state index contributed by atoms with van der Waals surface area (Å²) in [5, 5.41) is 17.3. The molecule has 13 heavy (non-hydrogen) atoms. The summed E-state index contributed by atoms with van der Waals surface area (Å²) in [5.41, 5.74) is -1.80. The van der Waals surface area contributed by atoms with E-state index >= 15 is 0 Å². The van der Waals surface area contributed by atoms with Gasteiger partial charge in [-0.2, -0.15) is 0 Å². The summed E-state index contributed by atoms with van der Waals surface area (Å²) in [7, 11) is 0. The van der Waals surface area contributed by atoms with Crippen LogP contribution in [0.15, 0.2) is 12.2 Å². The molecule has 2 N–H and O–H groups in total. The van der Waals surface area contributed by atoms with E-state index in [0.29, 0.717) is 6.42 Å². The van der Waals surface area contributed by atoms with Gasteiger partial charge in [0.25, 0.3) is 0 Å². The van der Waals surface area contributed by atoms with Crippen molar-refractivity contribution in [2.75, 3.05) is 0 Å². The van der Waals surface area contributed by atoms with Crippen molar-refractivity contribution in [3.05, 3.63) is 12.2 Å². The Bertz CT molecular complexity index is 216. The lowest BCUT2D eigenvalue weighted by Crippen LogP contribution is -2.34. The molecule has 0 aliphatic heterocycles. The highest BCUT2D eigenvalue weighted by molar-refractivity contribution is 5.99. The lowest BCUT2D eigenvalue weighted by molar-refractivity contribution is -0.159. The van der Waals surface area contributed by atoms with E-state index in [4.69, 9.17) is 10.2 Å². The van der Waals surface area contributed by atoms with Crippen LogP contribution in [-0.4, -0.2) is 22.2 Å². The molecule has 0 unspecified atom stereocenters. The van der Waals surface area contributed by atoms with Gasteiger partial charge < -0.3 is 10.2 Å². The molecule has 0 atom stereocenters. The smallest absolute Gasteiger partial charge is 0.324 e. The van der Waals surface area contributed by atoms with Crippen LogP contribution in [0.1, 0.15) is 26.7 Å². The van der Waals surface area contributed by atoms with Crippen molar-refractivity contribution in [1.29, 1.82) is 0 Å². The summed E-state index contributed by atoms with van der Waals surface area (Å²) in [4.78, 5) is 21.2. The van der Waals surface area contributed by atoms with Gasteiger partial charge in [-0.25, -0.2) is 0 Å². The summed E-state index contributed by atoms with van der Waals surface area (Å²) >= 11 is 0. The topological polar surface area (TPSA) is 74.6 Å². The molecule has 74 valence electrons. The number of hydrogen-bond donors (Lipinski definition) is 2. The number of rotatable bonds is 5. The molecule has 0 aromatic heterocycles. The third kappa shape index (κ3) is 2.89. The van der Waals surface area contributed by atoms with Gasteiger partial charge in [0, 0.05) is 0 Å². The van der Waals surface area contributed by atoms with Crippen molar-refractivity contribution < 1.29 is 19.8 Å². The lowest BCUT2D eigenvalue weighted by atomic mass is 9.90. The minimum Gasteiger partial charge on any atom is -0.480 e. The number of unbranched alkanes of at least 4 members (excludes halogenated alkanes) is 1. The predicted octanol–water partition coefficient (Wildman–Crippen LogP) is 1.52. The fraction of sp³-hybridized carbons (Fsp3) is 0.556. The van der Waals surface area contributed by atoms with Gasteiger partial charge in [-0.15, -0.1) is 0 Å². The Morgan fingerprint density at radius 2 is 1.77 bits per heavy atom. The van der Waals surface area contributed by atoms with E-state index in [-0.39, 0.29) is 0 Å². The zero-order valence-electron chi connectivity index (χ0n) is 7.78. The molecule has 0 heterocycles. The molecular weight excluding hydrogens is 172 g/mol. The highest BCUT2D eigenvalue weighted by Gasteiger charge is 2.38. The number of allylic oxidation sites excluding steroid dienone is 1. The molecule has 4 nitrogen and oxygen atoms in total. The quantitative estimate of drug-likeness (QED) is 0.504. The van der Waals surface area contributed by atoms with Gasteiger partial charge in [0.05, 0.1) is 0 Å². The van der Waals surface area contributed by atoms with Crippen LogP contribution in [0.4, 0.5) is 0 Å². The molecule has 0 aromatic rings. The van der Waals surface area contributed by atoms with Crippen molar-refractivity contribution in [1.82, 2.24) is 0 Å². The number of aliphatic carboxylic acids is 2. The van der Waals surface area contributed by atoms with Crippen LogP contribution in [0, 0.1) is 5.41 Å². The molecule has 0 amide bonds. The molecule has 0 rings (SSSR count). The van der Waals surface area contributed by atoms with Crippen molar-refractivity contribution in [3.63, 3.8) is 0 Å². The number of carboxylic acids is 2. The number of carbonyl (C=O) groups is 2. The largest absolute Gasteiger partial charge is 0.480 e. The minimum absolute atomic E-state index is 0.691. The molecule has 0 saturated carbocycles. The Kier molecular flexibility index (Phi) is 4.17. The summed E-state index contributed by atoms with van der Waals surface area (Å²) in [6, 6.07) is 0. The molecule has 4 heteroatoms. The first kappa shape index (κ1) is 11.7. The molecule has 0 spiro atoms. The van der Waals surface area contributed by atoms with Crippen molar-refractivity contribution >= 4 is 11.9 Å². The Balaban J connectivity index is 4.61. The lowest BCUT2D eigenvalue weighted by Gasteiger charge is -2.14. The van der Waals surface area contributed by atoms with E-state index in [2.05, 4.69) is 0 Å². The Morgan fingerprint density at radius 1 is 1.31 bits per heavy atom. The highest BCUT2D eigenvalue weighted by Crippen LogP contribution is 2.19. The standard InChI is InChI=1S/C9H14O4/c1-3-4-5-6-9(2,7(10)11)8(12)13/h5-6H,3-4H2,1-2H3,(H,10,11)(H,12,13). The second-order valence-corrected chi connectivity index (χ2v) is 3.00. The Labute approximate surface area is 76.9 Å². The molecule has 0 fully saturated rings. The van der Waals surface area contributed by atoms with E-state index in [9.17, 15) is 9.59 Å². The Morgan fingerprint density at radius 3 is 2.08 bits per heavy atom. The molecule has 0 aromatic carbocycles. The van der Waals surface area contributed by atoms with Crippen LogP contribution in [0.2, 0.25) is 0 Å². The highest BCUT2D eigenvalue weighted by atomic mass is 16.4. The number of carboxylic acid groups (broad SMARTS) is 2. The van der Waals surface area contributed by atoms with E-state index in [1.165, 1.54) is 13.0 Å². The van der Waals surface area contributed by atoms with Crippen molar-refractivity contribution in [2.45, 2.75) is 26.7 Å². The summed E-state index contributed by atoms with van der Waals surface area (Å²) in [6.07, 6.45) is 4.37. The summed E-state index contributed by atoms with van der Waals surface area (Å²) < 4.78 is 0. The summed E-state index contributed by atoms with van der Waals surface area (Å²) in [5.74, 6) is -2.68. The molecule has 0 aliphatic carbocycles. The fourth-order valence-electron chi connectivity index (χ4n) is 0.720. The van der Waals surface area contributed by atoms with Crippen LogP contribution >= 0.6 is 0 Å². The maximum Gasteiger partial charge on any atom is 0.324 e. The zero-order valence-corrected chi connectivity index (χ0v) is 7.78. The van der Waals surface area contributed by atoms with Crippen LogP contribution in [0.5, 0.6) is 0 Å². The maximum absolute atomic E-state index is 10.6. The van der Waals surface area contributed by atoms with Crippen LogP contribution in [0.3, 0.4) is 0 Å². The van der Waals surface area contributed by atoms with E-state index in [1.807, 2.05) is 6.92 Å².